The van der Waals surface area contributed by atoms with Gasteiger partial charge in [0, 0.05) is 27.2 Å². The van der Waals surface area contributed by atoms with E-state index >= 15 is 0 Å². The molecule has 0 fully saturated rings. The molecular weight excluding hydrogens is 382 g/mol. The van der Waals surface area contributed by atoms with Crippen molar-refractivity contribution in [1.29, 1.82) is 0 Å². The molecule has 4 aromatic rings. The number of thiophene rings is 1. The van der Waals surface area contributed by atoms with Gasteiger partial charge in [0.15, 0.2) is 0 Å². The van der Waals surface area contributed by atoms with E-state index in [0.29, 0.717) is 9.90 Å². The Morgan fingerprint density at radius 2 is 1.93 bits per heavy atom. The van der Waals surface area contributed by atoms with Crippen LogP contribution in [0.15, 0.2) is 48.7 Å². The number of hydrazine groups is 1. The summed E-state index contributed by atoms with van der Waals surface area (Å²) in [6.45, 7) is 1.95. The SMILES string of the molecule is Cc1cccc2sc(C(=O)NNC(=O)Cc3c[nH]c4ccccc34)c(Cl)c12. The zero-order valence-electron chi connectivity index (χ0n) is 14.4. The second-order valence-electron chi connectivity index (χ2n) is 6.23. The van der Waals surface area contributed by atoms with Crippen LogP contribution in [0.3, 0.4) is 0 Å². The molecule has 2 heterocycles. The molecule has 7 heteroatoms. The first-order chi connectivity index (χ1) is 13.0. The first-order valence-corrected chi connectivity index (χ1v) is 9.56. The van der Waals surface area contributed by atoms with Crippen LogP contribution in [-0.4, -0.2) is 16.8 Å². The molecule has 0 unspecified atom stereocenters. The second-order valence-corrected chi connectivity index (χ2v) is 7.66. The van der Waals surface area contributed by atoms with Gasteiger partial charge in [-0.05, 0) is 30.2 Å². The van der Waals surface area contributed by atoms with Crippen LogP contribution in [0.2, 0.25) is 5.02 Å². The van der Waals surface area contributed by atoms with Crippen LogP contribution in [0.1, 0.15) is 20.8 Å². The van der Waals surface area contributed by atoms with E-state index in [-0.39, 0.29) is 12.3 Å². The molecule has 0 radical (unpaired) electrons. The number of hydrogen-bond acceptors (Lipinski definition) is 3. The van der Waals surface area contributed by atoms with E-state index in [4.69, 9.17) is 11.6 Å². The number of para-hydroxylation sites is 1. The molecule has 4 rings (SSSR count). The molecule has 0 spiro atoms. The molecule has 5 nitrogen and oxygen atoms in total. The fourth-order valence-corrected chi connectivity index (χ4v) is 4.68. The fourth-order valence-electron chi connectivity index (χ4n) is 3.10. The maximum absolute atomic E-state index is 12.5. The summed E-state index contributed by atoms with van der Waals surface area (Å²) in [5.41, 5.74) is 7.77. The summed E-state index contributed by atoms with van der Waals surface area (Å²) >= 11 is 7.69. The van der Waals surface area contributed by atoms with Crippen LogP contribution in [-0.2, 0) is 11.2 Å². The number of amides is 2. The molecule has 0 aliphatic heterocycles. The standard InChI is InChI=1S/C20H16ClN3O2S/c1-11-5-4-8-15-17(11)18(21)19(27-15)20(26)24-23-16(25)9-12-10-22-14-7-3-2-6-13(12)14/h2-8,10,22H,9H2,1H3,(H,23,25)(H,24,26). The number of rotatable bonds is 3. The molecule has 0 saturated carbocycles. The number of carbonyl (C=O) groups excluding carboxylic acids is 2. The summed E-state index contributed by atoms with van der Waals surface area (Å²) in [6, 6.07) is 13.5. The zero-order chi connectivity index (χ0) is 19.0. The van der Waals surface area contributed by atoms with E-state index < -0.39 is 5.91 Å². The Kier molecular flexibility index (Phi) is 4.59. The van der Waals surface area contributed by atoms with E-state index in [0.717, 1.165) is 32.1 Å². The first kappa shape index (κ1) is 17.6. The number of hydrogen-bond donors (Lipinski definition) is 3. The lowest BCUT2D eigenvalue weighted by Gasteiger charge is -2.06. The van der Waals surface area contributed by atoms with Crippen molar-refractivity contribution in [2.24, 2.45) is 0 Å². The maximum Gasteiger partial charge on any atom is 0.281 e. The van der Waals surface area contributed by atoms with E-state index in [2.05, 4.69) is 15.8 Å². The third-order valence-electron chi connectivity index (χ3n) is 4.41. The number of aromatic amines is 1. The number of H-pyrrole nitrogens is 1. The number of aromatic nitrogens is 1. The summed E-state index contributed by atoms with van der Waals surface area (Å²) in [4.78, 5) is 28.2. The molecule has 0 aliphatic rings. The Morgan fingerprint density at radius 1 is 1.11 bits per heavy atom. The second kappa shape index (κ2) is 7.06. The predicted molar refractivity (Wildman–Crippen MR) is 109 cm³/mol. The van der Waals surface area contributed by atoms with Crippen LogP contribution in [0.25, 0.3) is 21.0 Å². The number of aryl methyl sites for hydroxylation is 1. The van der Waals surface area contributed by atoms with Crippen molar-refractivity contribution < 1.29 is 9.59 Å². The lowest BCUT2D eigenvalue weighted by Crippen LogP contribution is -2.42. The predicted octanol–water partition coefficient (Wildman–Crippen LogP) is 4.35. The van der Waals surface area contributed by atoms with Crippen LogP contribution >= 0.6 is 22.9 Å². The molecule has 2 aromatic heterocycles. The third kappa shape index (κ3) is 3.29. The molecule has 0 saturated heterocycles. The largest absolute Gasteiger partial charge is 0.361 e. The molecule has 2 aromatic carbocycles. The van der Waals surface area contributed by atoms with Crippen LogP contribution in [0, 0.1) is 6.92 Å². The van der Waals surface area contributed by atoms with Gasteiger partial charge in [-0.2, -0.15) is 0 Å². The smallest absolute Gasteiger partial charge is 0.281 e. The summed E-state index contributed by atoms with van der Waals surface area (Å²) < 4.78 is 0.940. The van der Waals surface area contributed by atoms with Crippen molar-refractivity contribution in [3.05, 3.63) is 69.7 Å². The normalized spacial score (nSPS) is 11.0. The lowest BCUT2D eigenvalue weighted by atomic mass is 10.1. The minimum atomic E-state index is -0.423. The molecule has 136 valence electrons. The molecule has 0 atom stereocenters. The van der Waals surface area contributed by atoms with Gasteiger partial charge < -0.3 is 4.98 Å². The number of benzene rings is 2. The van der Waals surface area contributed by atoms with Gasteiger partial charge in [-0.1, -0.05) is 41.9 Å². The van der Waals surface area contributed by atoms with Gasteiger partial charge in [-0.15, -0.1) is 11.3 Å². The Labute approximate surface area is 164 Å². The Bertz CT molecular complexity index is 1180. The van der Waals surface area contributed by atoms with Gasteiger partial charge in [-0.25, -0.2) is 0 Å². The average Bonchev–Trinajstić information content (AvgIpc) is 3.22. The minimum Gasteiger partial charge on any atom is -0.361 e. The molecule has 0 bridgehead atoms. The van der Waals surface area contributed by atoms with Crippen LogP contribution in [0.5, 0.6) is 0 Å². The van der Waals surface area contributed by atoms with Crippen molar-refractivity contribution >= 4 is 55.7 Å². The third-order valence-corrected chi connectivity index (χ3v) is 6.06. The fraction of sp³-hybridized carbons (Fsp3) is 0.100. The molecule has 27 heavy (non-hydrogen) atoms. The highest BCUT2D eigenvalue weighted by Gasteiger charge is 2.19. The Hall–Kier alpha value is -2.83. The maximum atomic E-state index is 12.5. The highest BCUT2D eigenvalue weighted by Crippen LogP contribution is 2.37. The minimum absolute atomic E-state index is 0.156. The molecular formula is C20H16ClN3O2S. The Morgan fingerprint density at radius 3 is 2.74 bits per heavy atom. The van der Waals surface area contributed by atoms with Crippen LogP contribution in [0.4, 0.5) is 0 Å². The summed E-state index contributed by atoms with van der Waals surface area (Å²) in [5, 5.41) is 2.28. The van der Waals surface area contributed by atoms with Crippen LogP contribution < -0.4 is 10.9 Å². The number of halogens is 1. The quantitative estimate of drug-likeness (QED) is 0.450. The van der Waals surface area contributed by atoms with Crippen molar-refractivity contribution in [3.63, 3.8) is 0 Å². The summed E-state index contributed by atoms with van der Waals surface area (Å²) in [6.07, 6.45) is 1.96. The topological polar surface area (TPSA) is 74.0 Å². The van der Waals surface area contributed by atoms with E-state index in [1.54, 1.807) is 6.20 Å². The van der Waals surface area contributed by atoms with Crippen molar-refractivity contribution in [1.82, 2.24) is 15.8 Å². The highest BCUT2D eigenvalue weighted by molar-refractivity contribution is 7.21. The molecule has 3 N–H and O–H groups in total. The van der Waals surface area contributed by atoms with E-state index in [9.17, 15) is 9.59 Å². The lowest BCUT2D eigenvalue weighted by molar-refractivity contribution is -0.121. The number of nitrogens with one attached hydrogen (secondary N) is 3. The summed E-state index contributed by atoms with van der Waals surface area (Å²) in [5.74, 6) is -0.727. The van der Waals surface area contributed by atoms with E-state index in [1.807, 2.05) is 49.4 Å². The number of fused-ring (bicyclic) bond motifs is 2. The number of carbonyl (C=O) groups is 2. The first-order valence-electron chi connectivity index (χ1n) is 8.36. The van der Waals surface area contributed by atoms with Crippen molar-refractivity contribution in [2.75, 3.05) is 0 Å². The van der Waals surface area contributed by atoms with E-state index in [1.165, 1.54) is 11.3 Å². The average molecular weight is 398 g/mol. The highest BCUT2D eigenvalue weighted by atomic mass is 35.5. The van der Waals surface area contributed by atoms with Gasteiger partial charge >= 0.3 is 0 Å². The van der Waals surface area contributed by atoms with Gasteiger partial charge in [0.2, 0.25) is 5.91 Å². The molecule has 0 aliphatic carbocycles. The van der Waals surface area contributed by atoms with Gasteiger partial charge in [-0.3, -0.25) is 20.4 Å². The summed E-state index contributed by atoms with van der Waals surface area (Å²) in [7, 11) is 0. The van der Waals surface area contributed by atoms with Crippen molar-refractivity contribution in [2.45, 2.75) is 13.3 Å². The van der Waals surface area contributed by atoms with Crippen molar-refractivity contribution in [3.8, 4) is 0 Å². The molecule has 2 amide bonds. The Balaban J connectivity index is 1.45. The van der Waals surface area contributed by atoms with Gasteiger partial charge in [0.25, 0.3) is 5.91 Å². The van der Waals surface area contributed by atoms with Gasteiger partial charge in [0.05, 0.1) is 11.4 Å². The zero-order valence-corrected chi connectivity index (χ0v) is 16.0. The monoisotopic (exact) mass is 397 g/mol. The van der Waals surface area contributed by atoms with Gasteiger partial charge in [0.1, 0.15) is 4.88 Å².